The Morgan fingerprint density at radius 2 is 2.12 bits per heavy atom. The largest absolute Gasteiger partial charge is 0.484 e. The van der Waals surface area contributed by atoms with Crippen molar-refractivity contribution in [2.75, 3.05) is 12.3 Å². The van der Waals surface area contributed by atoms with Crippen molar-refractivity contribution in [1.82, 2.24) is 4.98 Å². The summed E-state index contributed by atoms with van der Waals surface area (Å²) in [5.74, 6) is 1.19. The number of rotatable bonds is 5. The van der Waals surface area contributed by atoms with Crippen molar-refractivity contribution in [2.24, 2.45) is 0 Å². The highest BCUT2D eigenvalue weighted by molar-refractivity contribution is 5.32. The highest BCUT2D eigenvalue weighted by Gasteiger charge is 2.28. The van der Waals surface area contributed by atoms with E-state index in [1.54, 1.807) is 12.3 Å². The second-order valence-electron chi connectivity index (χ2n) is 4.22. The number of ether oxygens (including phenoxy) is 2. The molecule has 0 radical (unpaired) electrons. The van der Waals surface area contributed by atoms with Crippen LogP contribution < -0.4 is 10.5 Å². The Morgan fingerprint density at radius 1 is 1.44 bits per heavy atom. The maximum Gasteiger partial charge on any atom is 0.138 e. The topological polar surface area (TPSA) is 57.4 Å². The van der Waals surface area contributed by atoms with Gasteiger partial charge in [0.15, 0.2) is 0 Å². The van der Waals surface area contributed by atoms with Crippen LogP contribution in [0.1, 0.15) is 27.7 Å². The average Bonchev–Trinajstić information content (AvgIpc) is 2.21. The monoisotopic (exact) mass is 224 g/mol. The first-order valence-electron chi connectivity index (χ1n) is 5.48. The standard InChI is InChI=1S/C12H20N2O2/c1-5-15-9(2)12(3,4)16-10-6-7-11(13)14-8-10/h6-9H,5H2,1-4H3,(H2,13,14). The molecule has 1 heterocycles. The third-order valence-corrected chi connectivity index (χ3v) is 2.54. The van der Waals surface area contributed by atoms with Crippen LogP contribution in [-0.4, -0.2) is 23.3 Å². The molecule has 0 amide bonds. The zero-order chi connectivity index (χ0) is 12.2. The first kappa shape index (κ1) is 12.8. The second-order valence-corrected chi connectivity index (χ2v) is 4.22. The van der Waals surface area contributed by atoms with Gasteiger partial charge in [0.2, 0.25) is 0 Å². The summed E-state index contributed by atoms with van der Waals surface area (Å²) < 4.78 is 11.4. The normalized spacial score (nSPS) is 13.5. The molecule has 2 N–H and O–H groups in total. The molecule has 0 aliphatic heterocycles. The van der Waals surface area contributed by atoms with Crippen molar-refractivity contribution in [3.63, 3.8) is 0 Å². The zero-order valence-electron chi connectivity index (χ0n) is 10.4. The Hall–Kier alpha value is -1.29. The molecule has 0 aromatic carbocycles. The van der Waals surface area contributed by atoms with E-state index in [1.807, 2.05) is 33.8 Å². The maximum absolute atomic E-state index is 5.83. The lowest BCUT2D eigenvalue weighted by molar-refractivity contribution is -0.0594. The molecule has 1 rings (SSSR count). The summed E-state index contributed by atoms with van der Waals surface area (Å²) >= 11 is 0. The van der Waals surface area contributed by atoms with Gasteiger partial charge in [0, 0.05) is 6.61 Å². The Balaban J connectivity index is 2.68. The van der Waals surface area contributed by atoms with E-state index in [9.17, 15) is 0 Å². The molecule has 1 unspecified atom stereocenters. The average molecular weight is 224 g/mol. The molecule has 0 saturated heterocycles. The molecule has 0 aliphatic rings. The Kier molecular flexibility index (Phi) is 4.12. The third-order valence-electron chi connectivity index (χ3n) is 2.54. The van der Waals surface area contributed by atoms with E-state index in [-0.39, 0.29) is 6.10 Å². The van der Waals surface area contributed by atoms with Gasteiger partial charge in [-0.1, -0.05) is 0 Å². The van der Waals surface area contributed by atoms with Crippen LogP contribution in [0.15, 0.2) is 18.3 Å². The van der Waals surface area contributed by atoms with Crippen molar-refractivity contribution < 1.29 is 9.47 Å². The Bertz CT molecular complexity index is 322. The summed E-state index contributed by atoms with van der Waals surface area (Å²) in [5, 5.41) is 0. The number of nitrogens with zero attached hydrogens (tertiary/aromatic N) is 1. The molecule has 0 fully saturated rings. The van der Waals surface area contributed by atoms with Gasteiger partial charge in [0.25, 0.3) is 0 Å². The summed E-state index contributed by atoms with van der Waals surface area (Å²) in [6, 6.07) is 3.53. The molecule has 90 valence electrons. The van der Waals surface area contributed by atoms with Gasteiger partial charge in [-0.3, -0.25) is 0 Å². The van der Waals surface area contributed by atoms with E-state index >= 15 is 0 Å². The summed E-state index contributed by atoms with van der Waals surface area (Å²) in [6.07, 6.45) is 1.63. The number of nitrogen functional groups attached to an aromatic ring is 1. The SMILES string of the molecule is CCOC(C)C(C)(C)Oc1ccc(N)nc1. The Labute approximate surface area is 96.8 Å². The summed E-state index contributed by atoms with van der Waals surface area (Å²) in [6.45, 7) is 8.62. The quantitative estimate of drug-likeness (QED) is 0.833. The zero-order valence-corrected chi connectivity index (χ0v) is 10.4. The highest BCUT2D eigenvalue weighted by atomic mass is 16.5. The fourth-order valence-corrected chi connectivity index (χ4v) is 1.29. The number of nitrogens with two attached hydrogens (primary N) is 1. The van der Waals surface area contributed by atoms with E-state index in [1.165, 1.54) is 0 Å². The minimum Gasteiger partial charge on any atom is -0.484 e. The van der Waals surface area contributed by atoms with Gasteiger partial charge in [0.1, 0.15) is 17.2 Å². The third kappa shape index (κ3) is 3.38. The van der Waals surface area contributed by atoms with Crippen LogP contribution in [0, 0.1) is 0 Å². The predicted octanol–water partition coefficient (Wildman–Crippen LogP) is 2.25. The van der Waals surface area contributed by atoms with Crippen LogP contribution in [0.4, 0.5) is 5.82 Å². The van der Waals surface area contributed by atoms with Gasteiger partial charge in [-0.2, -0.15) is 0 Å². The molecule has 1 atom stereocenters. The Morgan fingerprint density at radius 3 is 2.62 bits per heavy atom. The summed E-state index contributed by atoms with van der Waals surface area (Å²) in [5.41, 5.74) is 5.11. The minimum absolute atomic E-state index is 0.00931. The molecule has 0 bridgehead atoms. The molecule has 1 aromatic rings. The van der Waals surface area contributed by atoms with Crippen molar-refractivity contribution in [1.29, 1.82) is 0 Å². The van der Waals surface area contributed by atoms with Crippen LogP contribution in [0.5, 0.6) is 5.75 Å². The van der Waals surface area contributed by atoms with E-state index in [0.717, 1.165) is 0 Å². The van der Waals surface area contributed by atoms with Crippen molar-refractivity contribution in [3.05, 3.63) is 18.3 Å². The molecular formula is C12H20N2O2. The molecule has 0 aliphatic carbocycles. The summed E-state index contributed by atoms with van der Waals surface area (Å²) in [7, 11) is 0. The molecule has 0 saturated carbocycles. The molecular weight excluding hydrogens is 204 g/mol. The van der Waals surface area contributed by atoms with Gasteiger partial charge in [-0.25, -0.2) is 4.98 Å². The highest BCUT2D eigenvalue weighted by Crippen LogP contribution is 2.22. The number of hydrogen-bond donors (Lipinski definition) is 1. The van der Waals surface area contributed by atoms with E-state index in [4.69, 9.17) is 15.2 Å². The lowest BCUT2D eigenvalue weighted by Gasteiger charge is -2.32. The molecule has 4 heteroatoms. The van der Waals surface area contributed by atoms with Crippen molar-refractivity contribution in [2.45, 2.75) is 39.4 Å². The van der Waals surface area contributed by atoms with E-state index < -0.39 is 5.60 Å². The second kappa shape index (κ2) is 5.16. The molecule has 16 heavy (non-hydrogen) atoms. The lowest BCUT2D eigenvalue weighted by Crippen LogP contribution is -2.41. The molecule has 4 nitrogen and oxygen atoms in total. The fourth-order valence-electron chi connectivity index (χ4n) is 1.29. The van der Waals surface area contributed by atoms with Crippen LogP contribution >= 0.6 is 0 Å². The first-order valence-corrected chi connectivity index (χ1v) is 5.48. The lowest BCUT2D eigenvalue weighted by atomic mass is 10.0. The maximum atomic E-state index is 5.83. The summed E-state index contributed by atoms with van der Waals surface area (Å²) in [4.78, 5) is 3.98. The fraction of sp³-hybridized carbons (Fsp3) is 0.583. The molecule has 0 spiro atoms. The van der Waals surface area contributed by atoms with E-state index in [2.05, 4.69) is 4.98 Å². The van der Waals surface area contributed by atoms with Gasteiger partial charge >= 0.3 is 0 Å². The van der Waals surface area contributed by atoms with Gasteiger partial charge in [-0.05, 0) is 39.8 Å². The number of anilines is 1. The van der Waals surface area contributed by atoms with Gasteiger partial charge in [-0.15, -0.1) is 0 Å². The van der Waals surface area contributed by atoms with Gasteiger partial charge < -0.3 is 15.2 Å². The first-order chi connectivity index (χ1) is 7.45. The number of aromatic nitrogens is 1. The van der Waals surface area contributed by atoms with Crippen molar-refractivity contribution >= 4 is 5.82 Å². The number of pyridine rings is 1. The van der Waals surface area contributed by atoms with Crippen molar-refractivity contribution in [3.8, 4) is 5.75 Å². The van der Waals surface area contributed by atoms with E-state index in [0.29, 0.717) is 18.2 Å². The van der Waals surface area contributed by atoms with Gasteiger partial charge in [0.05, 0.1) is 12.3 Å². The molecule has 1 aromatic heterocycles. The van der Waals surface area contributed by atoms with Crippen LogP contribution in [0.3, 0.4) is 0 Å². The van der Waals surface area contributed by atoms with Crippen LogP contribution in [0.25, 0.3) is 0 Å². The smallest absolute Gasteiger partial charge is 0.138 e. The van der Waals surface area contributed by atoms with Crippen LogP contribution in [0.2, 0.25) is 0 Å². The minimum atomic E-state index is -0.395. The van der Waals surface area contributed by atoms with Crippen LogP contribution in [-0.2, 0) is 4.74 Å². The number of hydrogen-bond acceptors (Lipinski definition) is 4. The predicted molar refractivity (Wildman–Crippen MR) is 64.4 cm³/mol.